The Labute approximate surface area is 225 Å². The summed E-state index contributed by atoms with van der Waals surface area (Å²) in [5.74, 6) is -0.0577. The molecule has 1 unspecified atom stereocenters. The number of benzene rings is 3. The van der Waals surface area contributed by atoms with Crippen LogP contribution in [0.25, 0.3) is 21.5 Å². The highest BCUT2D eigenvalue weighted by Crippen LogP contribution is 2.47. The molecule has 0 bridgehead atoms. The number of rotatable bonds is 4. The molecule has 0 radical (unpaired) electrons. The van der Waals surface area contributed by atoms with E-state index in [1.807, 2.05) is 19.1 Å². The van der Waals surface area contributed by atoms with E-state index in [1.54, 1.807) is 18.2 Å². The molecule has 1 heterocycles. The largest absolute Gasteiger partial charge is 0.454 e. The van der Waals surface area contributed by atoms with Gasteiger partial charge < -0.3 is 14.2 Å². The molecule has 0 N–H and O–H groups in total. The van der Waals surface area contributed by atoms with Crippen LogP contribution in [0.1, 0.15) is 56.3 Å². The lowest BCUT2D eigenvalue weighted by molar-refractivity contribution is -0.383. The monoisotopic (exact) mass is 527 g/mol. The maximum absolute atomic E-state index is 13.8. The highest BCUT2D eigenvalue weighted by Gasteiger charge is 2.31. The van der Waals surface area contributed by atoms with Gasteiger partial charge in [-0.15, -0.1) is 0 Å². The Morgan fingerprint density at radius 3 is 2.62 bits per heavy atom. The van der Waals surface area contributed by atoms with Crippen LogP contribution >= 0.6 is 0 Å². The normalized spacial score (nSPS) is 21.9. The molecule has 0 saturated carbocycles. The van der Waals surface area contributed by atoms with Gasteiger partial charge >= 0.3 is 5.97 Å². The minimum absolute atomic E-state index is 0.0130. The van der Waals surface area contributed by atoms with Crippen LogP contribution in [0.15, 0.2) is 71.3 Å². The third kappa shape index (κ3) is 5.41. The number of nitro benzene ring substituents is 1. The van der Waals surface area contributed by atoms with Crippen LogP contribution in [-0.2, 0) is 9.53 Å². The van der Waals surface area contributed by atoms with Gasteiger partial charge in [0.25, 0.3) is 5.69 Å². The van der Waals surface area contributed by atoms with Gasteiger partial charge in [-0.1, -0.05) is 47.6 Å². The average molecular weight is 528 g/mol. The van der Waals surface area contributed by atoms with Crippen LogP contribution in [0.3, 0.4) is 0 Å². The van der Waals surface area contributed by atoms with Crippen molar-refractivity contribution in [2.75, 3.05) is 6.79 Å². The lowest BCUT2D eigenvalue weighted by Gasteiger charge is -2.18. The Bertz CT molecular complexity index is 1580. The summed E-state index contributed by atoms with van der Waals surface area (Å²) in [6, 6.07) is 10.1. The van der Waals surface area contributed by atoms with Gasteiger partial charge in [-0.3, -0.25) is 14.9 Å². The number of nitro groups is 1. The number of hydrogen-bond donors (Lipinski definition) is 0. The first-order chi connectivity index (χ1) is 18.9. The SMILES string of the molecule is C/C1=C\CC/C(C=O)=C\C(OC(=O)c2cc3c(c4c2c([N+](=O)[O-])cc2ccccc24)OCO3)C/C(C)=C/CC1. The summed E-state index contributed by atoms with van der Waals surface area (Å²) in [5.41, 5.74) is 2.62. The predicted octanol–water partition coefficient (Wildman–Crippen LogP) is 7.14. The lowest BCUT2D eigenvalue weighted by Crippen LogP contribution is -2.18. The lowest BCUT2D eigenvalue weighted by atomic mass is 9.95. The summed E-state index contributed by atoms with van der Waals surface area (Å²) in [6.07, 6.45) is 9.43. The topological polar surface area (TPSA) is 105 Å². The summed E-state index contributed by atoms with van der Waals surface area (Å²) in [6.45, 7) is 3.99. The maximum Gasteiger partial charge on any atom is 0.339 e. The van der Waals surface area contributed by atoms with Gasteiger partial charge in [0.05, 0.1) is 15.9 Å². The second kappa shape index (κ2) is 11.1. The van der Waals surface area contributed by atoms with Crippen LogP contribution in [0.4, 0.5) is 5.69 Å². The molecule has 1 atom stereocenters. The van der Waals surface area contributed by atoms with Crippen LogP contribution < -0.4 is 9.47 Å². The van der Waals surface area contributed by atoms with Gasteiger partial charge in [-0.2, -0.15) is 0 Å². The van der Waals surface area contributed by atoms with Gasteiger partial charge in [0.15, 0.2) is 11.5 Å². The van der Waals surface area contributed by atoms with Gasteiger partial charge in [-0.25, -0.2) is 4.79 Å². The van der Waals surface area contributed by atoms with Gasteiger partial charge in [0, 0.05) is 17.9 Å². The van der Waals surface area contributed by atoms with E-state index in [0.717, 1.165) is 24.7 Å². The molecule has 200 valence electrons. The molecule has 1 aliphatic heterocycles. The number of nitrogens with zero attached hydrogens (tertiary/aromatic N) is 1. The van der Waals surface area contributed by atoms with Crippen LogP contribution in [0.5, 0.6) is 11.5 Å². The fourth-order valence-corrected chi connectivity index (χ4v) is 5.23. The van der Waals surface area contributed by atoms with Gasteiger partial charge in [-0.05, 0) is 68.0 Å². The van der Waals surface area contributed by atoms with Crippen molar-refractivity contribution in [2.24, 2.45) is 0 Å². The predicted molar refractivity (Wildman–Crippen MR) is 148 cm³/mol. The third-order valence-corrected chi connectivity index (χ3v) is 7.15. The van der Waals surface area contributed by atoms with Gasteiger partial charge in [0.1, 0.15) is 12.4 Å². The Balaban J connectivity index is 1.63. The van der Waals surface area contributed by atoms with Crippen LogP contribution in [-0.4, -0.2) is 30.1 Å². The number of carbonyl (C=O) groups is 2. The minimum Gasteiger partial charge on any atom is -0.454 e. The minimum atomic E-state index is -0.737. The first-order valence-electron chi connectivity index (χ1n) is 13.0. The van der Waals surface area contributed by atoms with Crippen molar-refractivity contribution < 1.29 is 28.7 Å². The zero-order valence-electron chi connectivity index (χ0n) is 21.9. The smallest absolute Gasteiger partial charge is 0.339 e. The number of carbonyl (C=O) groups excluding carboxylic acids is 2. The van der Waals surface area contributed by atoms with E-state index in [9.17, 15) is 19.7 Å². The molecular weight excluding hydrogens is 498 g/mol. The fourth-order valence-electron chi connectivity index (χ4n) is 5.23. The van der Waals surface area contributed by atoms with E-state index >= 15 is 0 Å². The highest BCUT2D eigenvalue weighted by molar-refractivity contribution is 6.21. The molecule has 2 aliphatic rings. The Morgan fingerprint density at radius 2 is 1.82 bits per heavy atom. The van der Waals surface area contributed by atoms with E-state index in [4.69, 9.17) is 14.2 Å². The molecule has 0 fully saturated rings. The average Bonchev–Trinajstić information content (AvgIpc) is 3.39. The van der Waals surface area contributed by atoms with Crippen molar-refractivity contribution in [3.8, 4) is 11.5 Å². The van der Waals surface area contributed by atoms with Crippen molar-refractivity contribution in [1.29, 1.82) is 0 Å². The van der Waals surface area contributed by atoms with E-state index in [1.165, 1.54) is 17.7 Å². The second-order valence-corrected chi connectivity index (χ2v) is 9.97. The molecule has 8 nitrogen and oxygen atoms in total. The molecule has 39 heavy (non-hydrogen) atoms. The summed E-state index contributed by atoms with van der Waals surface area (Å²) in [5, 5.41) is 14.1. The maximum atomic E-state index is 13.8. The number of fused-ring (bicyclic) bond motifs is 5. The van der Waals surface area contributed by atoms with Crippen molar-refractivity contribution in [3.05, 3.63) is 87.0 Å². The number of allylic oxidation sites excluding steroid dienone is 4. The fraction of sp³-hybridized carbons (Fsp3) is 0.290. The molecule has 5 rings (SSSR count). The zero-order chi connectivity index (χ0) is 27.5. The summed E-state index contributed by atoms with van der Waals surface area (Å²) < 4.78 is 17.3. The second-order valence-electron chi connectivity index (χ2n) is 9.97. The first-order valence-corrected chi connectivity index (χ1v) is 13.0. The number of aldehydes is 1. The molecule has 3 aromatic rings. The zero-order valence-corrected chi connectivity index (χ0v) is 21.9. The first kappa shape index (κ1) is 26.2. The van der Waals surface area contributed by atoms with Crippen molar-refractivity contribution in [1.82, 2.24) is 0 Å². The molecule has 3 aromatic carbocycles. The Hall–Kier alpha value is -4.46. The van der Waals surface area contributed by atoms with E-state index < -0.39 is 17.0 Å². The number of esters is 1. The quantitative estimate of drug-likeness (QED) is 0.0887. The molecule has 0 saturated heterocycles. The molecule has 8 heteroatoms. The Kier molecular flexibility index (Phi) is 7.45. The number of non-ortho nitro benzene ring substituents is 1. The summed E-state index contributed by atoms with van der Waals surface area (Å²) in [4.78, 5) is 37.3. The van der Waals surface area contributed by atoms with Crippen molar-refractivity contribution >= 4 is 39.5 Å². The molecule has 0 spiro atoms. The van der Waals surface area contributed by atoms with Crippen LogP contribution in [0.2, 0.25) is 0 Å². The Morgan fingerprint density at radius 1 is 1.05 bits per heavy atom. The van der Waals surface area contributed by atoms with E-state index in [0.29, 0.717) is 52.5 Å². The van der Waals surface area contributed by atoms with Crippen molar-refractivity contribution in [3.63, 3.8) is 0 Å². The highest BCUT2D eigenvalue weighted by atomic mass is 16.7. The summed E-state index contributed by atoms with van der Waals surface area (Å²) >= 11 is 0. The van der Waals surface area contributed by atoms with Gasteiger partial charge in [0.2, 0.25) is 6.79 Å². The third-order valence-electron chi connectivity index (χ3n) is 7.15. The van der Waals surface area contributed by atoms with E-state index in [-0.39, 0.29) is 23.4 Å². The molecule has 1 aliphatic carbocycles. The summed E-state index contributed by atoms with van der Waals surface area (Å²) in [7, 11) is 0. The standard InChI is InChI=1S/C31H29NO7/c1-19-7-5-9-20(2)13-23(14-21(17-33)10-6-8-19)39-31(34)25-16-27-30(38-18-37-27)29-24-12-4-3-11-22(24)15-26(28(25)29)32(35)36/h3-4,8-9,11-12,14-17,23H,5-7,10,13,18H2,1-2H3/b19-8+,20-9+,21-14+. The number of ether oxygens (including phenoxy) is 3. The molecule has 0 amide bonds. The molecular formula is C31H29NO7. The molecule has 0 aromatic heterocycles. The van der Waals surface area contributed by atoms with Crippen LogP contribution in [0, 0.1) is 10.1 Å². The number of hydrogen-bond acceptors (Lipinski definition) is 7. The van der Waals surface area contributed by atoms with E-state index in [2.05, 4.69) is 19.1 Å². The van der Waals surface area contributed by atoms with Crippen molar-refractivity contribution in [2.45, 2.75) is 52.1 Å².